The van der Waals surface area contributed by atoms with E-state index in [4.69, 9.17) is 37.9 Å². The Kier molecular flexibility index (Phi) is 12.6. The standard InChI is InChI=1S/C41H42Cl2N8O5S2/c1-24(2)56-35-21-29(28-16-18-44-19-17-28)27(7)20-34(35)51(40-45-22-30(42)38(49-40)47-32-12-8-10-14-36(32)57(52,53)25(3)4)41-46-23-31(43)39(50-41)48-33-13-9-11-15-37(33)58(54,55)26(5)6/h8-26H,1-7H3,(H,45,47,49)(H,46,48,50). The third kappa shape index (κ3) is 8.87. The molecule has 0 amide bonds. The van der Waals surface area contributed by atoms with Crippen LogP contribution in [-0.4, -0.2) is 58.4 Å². The monoisotopic (exact) mass is 860 g/mol. The molecule has 0 radical (unpaired) electrons. The molecule has 58 heavy (non-hydrogen) atoms. The minimum atomic E-state index is -3.71. The zero-order valence-corrected chi connectivity index (χ0v) is 35.9. The van der Waals surface area contributed by atoms with Gasteiger partial charge < -0.3 is 15.4 Å². The van der Waals surface area contributed by atoms with Gasteiger partial charge in [0.15, 0.2) is 31.3 Å². The van der Waals surface area contributed by atoms with Gasteiger partial charge in [-0.05, 0) is 114 Å². The van der Waals surface area contributed by atoms with E-state index in [0.29, 0.717) is 11.4 Å². The summed E-state index contributed by atoms with van der Waals surface area (Å²) in [6, 6.07) is 20.6. The van der Waals surface area contributed by atoms with Crippen molar-refractivity contribution in [2.45, 2.75) is 74.9 Å². The van der Waals surface area contributed by atoms with Crippen LogP contribution in [0, 0.1) is 6.92 Å². The highest BCUT2D eigenvalue weighted by Gasteiger charge is 2.29. The van der Waals surface area contributed by atoms with Gasteiger partial charge in [-0.3, -0.25) is 4.98 Å². The highest BCUT2D eigenvalue weighted by atomic mass is 35.5. The second kappa shape index (κ2) is 17.2. The summed E-state index contributed by atoms with van der Waals surface area (Å²) in [6.45, 7) is 12.2. The van der Waals surface area contributed by atoms with Crippen molar-refractivity contribution >= 4 is 83.5 Å². The molecule has 0 aliphatic carbocycles. The van der Waals surface area contributed by atoms with Crippen LogP contribution < -0.4 is 20.3 Å². The highest BCUT2D eigenvalue weighted by molar-refractivity contribution is 7.92. The molecule has 0 aliphatic heterocycles. The number of benzene rings is 3. The minimum absolute atomic E-state index is 0.0248. The maximum Gasteiger partial charge on any atom is 0.239 e. The number of hydrogen-bond donors (Lipinski definition) is 2. The van der Waals surface area contributed by atoms with Crippen molar-refractivity contribution in [3.63, 3.8) is 0 Å². The van der Waals surface area contributed by atoms with E-state index >= 15 is 0 Å². The van der Waals surface area contributed by atoms with Crippen molar-refractivity contribution in [2.24, 2.45) is 0 Å². The molecule has 17 heteroatoms. The number of para-hydroxylation sites is 2. The molecule has 2 N–H and O–H groups in total. The van der Waals surface area contributed by atoms with Crippen molar-refractivity contribution in [1.29, 1.82) is 0 Å². The van der Waals surface area contributed by atoms with Gasteiger partial charge in [-0.25, -0.2) is 31.7 Å². The number of aromatic nitrogens is 5. The Bertz CT molecular complexity index is 2550. The summed E-state index contributed by atoms with van der Waals surface area (Å²) < 4.78 is 59.9. The molecule has 0 bridgehead atoms. The molecule has 0 saturated heterocycles. The van der Waals surface area contributed by atoms with Crippen molar-refractivity contribution < 1.29 is 21.6 Å². The first kappa shape index (κ1) is 42.3. The van der Waals surface area contributed by atoms with E-state index in [0.717, 1.165) is 16.7 Å². The van der Waals surface area contributed by atoms with Gasteiger partial charge in [0.2, 0.25) is 11.9 Å². The number of halogens is 2. The van der Waals surface area contributed by atoms with Gasteiger partial charge in [-0.2, -0.15) is 9.97 Å². The van der Waals surface area contributed by atoms with Crippen LogP contribution in [-0.2, 0) is 19.7 Å². The maximum atomic E-state index is 13.4. The number of anilines is 7. The molecule has 13 nitrogen and oxygen atoms in total. The van der Waals surface area contributed by atoms with E-state index in [-0.39, 0.29) is 60.8 Å². The van der Waals surface area contributed by atoms with Gasteiger partial charge in [-0.15, -0.1) is 0 Å². The first-order chi connectivity index (χ1) is 27.5. The number of hydrogen-bond acceptors (Lipinski definition) is 13. The summed E-state index contributed by atoms with van der Waals surface area (Å²) in [5, 5.41) is 5.05. The average Bonchev–Trinajstić information content (AvgIpc) is 3.18. The molecule has 6 rings (SSSR count). The average molecular weight is 862 g/mol. The van der Waals surface area contributed by atoms with Crippen LogP contribution in [0.4, 0.5) is 40.6 Å². The molecular weight excluding hydrogens is 820 g/mol. The minimum Gasteiger partial charge on any atom is -0.489 e. The number of rotatable bonds is 14. The second-order valence-electron chi connectivity index (χ2n) is 14.0. The summed E-state index contributed by atoms with van der Waals surface area (Å²) in [5.74, 6) is 0.670. The summed E-state index contributed by atoms with van der Waals surface area (Å²) >= 11 is 13.4. The van der Waals surface area contributed by atoms with E-state index in [1.165, 1.54) is 24.5 Å². The van der Waals surface area contributed by atoms with E-state index in [1.807, 2.05) is 45.0 Å². The number of nitrogens with one attached hydrogen (secondary N) is 2. The van der Waals surface area contributed by atoms with E-state index < -0.39 is 30.2 Å². The number of sulfone groups is 2. The Hall–Kier alpha value is -5.35. The van der Waals surface area contributed by atoms with Gasteiger partial charge in [0.05, 0.1) is 55.9 Å². The van der Waals surface area contributed by atoms with Crippen molar-refractivity contribution in [3.8, 4) is 16.9 Å². The van der Waals surface area contributed by atoms with Crippen molar-refractivity contribution in [3.05, 3.63) is 113 Å². The normalized spacial score (nSPS) is 11.9. The molecule has 0 unspecified atom stereocenters. The predicted molar refractivity (Wildman–Crippen MR) is 230 cm³/mol. The van der Waals surface area contributed by atoms with E-state index in [1.54, 1.807) is 81.4 Å². The molecule has 0 spiro atoms. The molecule has 0 fully saturated rings. The number of aryl methyl sites for hydroxylation is 1. The fourth-order valence-electron chi connectivity index (χ4n) is 5.85. The van der Waals surface area contributed by atoms with Crippen LogP contribution in [0.1, 0.15) is 47.1 Å². The van der Waals surface area contributed by atoms with E-state index in [2.05, 4.69) is 25.6 Å². The zero-order chi connectivity index (χ0) is 41.9. The van der Waals surface area contributed by atoms with Crippen LogP contribution in [0.25, 0.3) is 11.1 Å². The third-order valence-corrected chi connectivity index (χ3v) is 13.9. The topological polar surface area (TPSA) is 169 Å². The fourth-order valence-corrected chi connectivity index (χ4v) is 8.53. The van der Waals surface area contributed by atoms with Crippen LogP contribution in [0.15, 0.2) is 107 Å². The first-order valence-corrected chi connectivity index (χ1v) is 22.1. The van der Waals surface area contributed by atoms with Crippen molar-refractivity contribution in [1.82, 2.24) is 24.9 Å². The van der Waals surface area contributed by atoms with Gasteiger partial charge in [-0.1, -0.05) is 47.5 Å². The Morgan fingerprint density at radius 2 is 1.14 bits per heavy atom. The maximum absolute atomic E-state index is 13.4. The number of pyridine rings is 1. The van der Waals surface area contributed by atoms with Gasteiger partial charge in [0.25, 0.3) is 0 Å². The Morgan fingerprint density at radius 3 is 1.59 bits per heavy atom. The SMILES string of the molecule is Cc1cc(N(c2ncc(Cl)c(Nc3ccccc3S(=O)(=O)C(C)C)n2)c2ncc(Cl)c(Nc3ccccc3S(=O)(=O)C(C)C)n2)c(OC(C)C)cc1-c1ccncc1. The number of ether oxygens (including phenoxy) is 1. The van der Waals surface area contributed by atoms with Crippen molar-refractivity contribution in [2.75, 3.05) is 15.5 Å². The molecule has 0 aliphatic rings. The zero-order valence-electron chi connectivity index (χ0n) is 32.8. The lowest BCUT2D eigenvalue weighted by Crippen LogP contribution is -2.20. The molecule has 0 atom stereocenters. The Morgan fingerprint density at radius 1 is 0.672 bits per heavy atom. The van der Waals surface area contributed by atoms with Crippen LogP contribution in [0.3, 0.4) is 0 Å². The first-order valence-electron chi connectivity index (χ1n) is 18.3. The largest absolute Gasteiger partial charge is 0.489 e. The van der Waals surface area contributed by atoms with Crippen LogP contribution in [0.2, 0.25) is 10.0 Å². The van der Waals surface area contributed by atoms with Gasteiger partial charge in [0, 0.05) is 12.4 Å². The fraction of sp³-hybridized carbons (Fsp3) is 0.244. The lowest BCUT2D eigenvalue weighted by molar-refractivity contribution is 0.243. The highest BCUT2D eigenvalue weighted by Crippen LogP contribution is 2.43. The molecule has 3 heterocycles. The Labute approximate surface area is 348 Å². The van der Waals surface area contributed by atoms with Crippen LogP contribution >= 0.6 is 23.2 Å². The summed E-state index contributed by atoms with van der Waals surface area (Å²) in [6.07, 6.45) is 5.89. The Balaban J connectivity index is 1.57. The third-order valence-electron chi connectivity index (χ3n) is 8.90. The molecule has 0 saturated carbocycles. The smallest absolute Gasteiger partial charge is 0.239 e. The summed E-state index contributed by atoms with van der Waals surface area (Å²) in [7, 11) is -7.42. The predicted octanol–water partition coefficient (Wildman–Crippen LogP) is 10.1. The van der Waals surface area contributed by atoms with Gasteiger partial charge in [0.1, 0.15) is 15.8 Å². The summed E-state index contributed by atoms with van der Waals surface area (Å²) in [4.78, 5) is 24.7. The lowest BCUT2D eigenvalue weighted by atomic mass is 10.00. The molecule has 3 aromatic heterocycles. The second-order valence-corrected chi connectivity index (χ2v) is 19.8. The van der Waals surface area contributed by atoms with Gasteiger partial charge >= 0.3 is 0 Å². The molecule has 302 valence electrons. The van der Waals surface area contributed by atoms with E-state index in [9.17, 15) is 16.8 Å². The molecule has 6 aromatic rings. The quantitative estimate of drug-likeness (QED) is 0.106. The lowest BCUT2D eigenvalue weighted by Gasteiger charge is -2.26. The molecular formula is C41H42Cl2N8O5S2. The number of nitrogens with zero attached hydrogens (tertiary/aromatic N) is 6. The summed E-state index contributed by atoms with van der Waals surface area (Å²) in [5.41, 5.74) is 3.61. The molecule has 3 aromatic carbocycles. The van der Waals surface area contributed by atoms with Crippen LogP contribution in [0.5, 0.6) is 5.75 Å².